The summed E-state index contributed by atoms with van der Waals surface area (Å²) in [7, 11) is 1.89. The summed E-state index contributed by atoms with van der Waals surface area (Å²) in [4.78, 5) is 28.7. The second-order valence-electron chi connectivity index (χ2n) is 6.32. The monoisotopic (exact) mass is 297 g/mol. The van der Waals surface area contributed by atoms with E-state index < -0.39 is 5.97 Å². The predicted octanol–water partition coefficient (Wildman–Crippen LogP) is 1.32. The molecule has 2 amide bonds. The molecule has 2 rings (SSSR count). The van der Waals surface area contributed by atoms with Gasteiger partial charge in [0.25, 0.3) is 0 Å². The smallest absolute Gasteiger partial charge is 0.319 e. The fourth-order valence-corrected chi connectivity index (χ4v) is 3.37. The van der Waals surface area contributed by atoms with Crippen molar-refractivity contribution >= 4 is 12.0 Å². The average Bonchev–Trinajstić information content (AvgIpc) is 2.47. The van der Waals surface area contributed by atoms with Gasteiger partial charge < -0.3 is 14.9 Å². The normalized spacial score (nSPS) is 21.3. The maximum absolute atomic E-state index is 12.4. The zero-order chi connectivity index (χ0) is 15.2. The zero-order valence-electron chi connectivity index (χ0n) is 13.0. The van der Waals surface area contributed by atoms with Gasteiger partial charge in [0.15, 0.2) is 0 Å². The number of carbonyl (C=O) groups is 2. The first-order valence-corrected chi connectivity index (χ1v) is 8.00. The van der Waals surface area contributed by atoms with Gasteiger partial charge in [-0.3, -0.25) is 9.69 Å². The molecule has 6 heteroatoms. The molecule has 1 saturated heterocycles. The first-order valence-electron chi connectivity index (χ1n) is 8.00. The summed E-state index contributed by atoms with van der Waals surface area (Å²) in [6, 6.07) is 0.0931. The Hall–Kier alpha value is -1.30. The number of hydrogen-bond acceptors (Lipinski definition) is 3. The van der Waals surface area contributed by atoms with E-state index in [1.165, 1.54) is 32.1 Å². The zero-order valence-corrected chi connectivity index (χ0v) is 13.0. The van der Waals surface area contributed by atoms with Gasteiger partial charge in [0, 0.05) is 39.8 Å². The van der Waals surface area contributed by atoms with Crippen molar-refractivity contribution in [3.63, 3.8) is 0 Å². The van der Waals surface area contributed by atoms with Crippen LogP contribution in [0.2, 0.25) is 0 Å². The van der Waals surface area contributed by atoms with Crippen molar-refractivity contribution < 1.29 is 14.7 Å². The SMILES string of the molecule is CN(CC1CCCCC1)C(=O)N1CCN(CC(=O)O)CC1. The number of hydrogen-bond donors (Lipinski definition) is 1. The van der Waals surface area contributed by atoms with Crippen LogP contribution in [0.3, 0.4) is 0 Å². The van der Waals surface area contributed by atoms with E-state index in [9.17, 15) is 9.59 Å². The summed E-state index contributed by atoms with van der Waals surface area (Å²) in [5.74, 6) is -0.148. The van der Waals surface area contributed by atoms with Crippen molar-refractivity contribution in [3.05, 3.63) is 0 Å². The van der Waals surface area contributed by atoms with Gasteiger partial charge in [-0.2, -0.15) is 0 Å². The Kier molecular flexibility index (Phi) is 5.85. The van der Waals surface area contributed by atoms with Gasteiger partial charge in [-0.25, -0.2) is 4.79 Å². The Morgan fingerprint density at radius 1 is 1.10 bits per heavy atom. The summed E-state index contributed by atoms with van der Waals surface area (Å²) in [6.45, 7) is 3.47. The van der Waals surface area contributed by atoms with E-state index in [0.29, 0.717) is 32.1 Å². The number of urea groups is 1. The summed E-state index contributed by atoms with van der Waals surface area (Å²) < 4.78 is 0. The van der Waals surface area contributed by atoms with E-state index >= 15 is 0 Å². The van der Waals surface area contributed by atoms with E-state index in [-0.39, 0.29) is 12.6 Å². The molecule has 6 nitrogen and oxygen atoms in total. The molecule has 0 aromatic heterocycles. The highest BCUT2D eigenvalue weighted by atomic mass is 16.4. The van der Waals surface area contributed by atoms with Gasteiger partial charge in [0.2, 0.25) is 0 Å². The van der Waals surface area contributed by atoms with Gasteiger partial charge in [-0.15, -0.1) is 0 Å². The molecule has 2 fully saturated rings. The number of amides is 2. The van der Waals surface area contributed by atoms with Crippen LogP contribution < -0.4 is 0 Å². The van der Waals surface area contributed by atoms with Crippen LogP contribution in [0.1, 0.15) is 32.1 Å². The van der Waals surface area contributed by atoms with Crippen LogP contribution in [0.5, 0.6) is 0 Å². The Bertz CT molecular complexity index is 361. The number of piperazine rings is 1. The highest BCUT2D eigenvalue weighted by molar-refractivity contribution is 5.74. The molecular formula is C15H27N3O3. The minimum Gasteiger partial charge on any atom is -0.480 e. The quantitative estimate of drug-likeness (QED) is 0.850. The standard InChI is InChI=1S/C15H27N3O3/c1-16(11-13-5-3-2-4-6-13)15(21)18-9-7-17(8-10-18)12-14(19)20/h13H,2-12H2,1H3,(H,19,20). The Morgan fingerprint density at radius 3 is 2.29 bits per heavy atom. The molecule has 0 aromatic carbocycles. The molecule has 0 bridgehead atoms. The third kappa shape index (κ3) is 4.88. The van der Waals surface area contributed by atoms with Crippen molar-refractivity contribution in [3.8, 4) is 0 Å². The molecule has 0 aromatic rings. The van der Waals surface area contributed by atoms with Gasteiger partial charge in [-0.1, -0.05) is 19.3 Å². The third-order valence-corrected chi connectivity index (χ3v) is 4.59. The molecule has 0 atom stereocenters. The number of carbonyl (C=O) groups excluding carboxylic acids is 1. The second kappa shape index (κ2) is 7.64. The van der Waals surface area contributed by atoms with Crippen LogP contribution in [-0.4, -0.2) is 78.1 Å². The number of carboxylic acids is 1. The van der Waals surface area contributed by atoms with Gasteiger partial charge >= 0.3 is 12.0 Å². The lowest BCUT2D eigenvalue weighted by Crippen LogP contribution is -2.53. The maximum Gasteiger partial charge on any atom is 0.319 e. The van der Waals surface area contributed by atoms with Crippen molar-refractivity contribution in [1.82, 2.24) is 14.7 Å². The van der Waals surface area contributed by atoms with Crippen LogP contribution >= 0.6 is 0 Å². The average molecular weight is 297 g/mol. The Morgan fingerprint density at radius 2 is 1.71 bits per heavy atom. The summed E-state index contributed by atoms with van der Waals surface area (Å²) in [6.07, 6.45) is 6.40. The van der Waals surface area contributed by atoms with E-state index in [4.69, 9.17) is 5.11 Å². The molecule has 1 saturated carbocycles. The highest BCUT2D eigenvalue weighted by Crippen LogP contribution is 2.24. The lowest BCUT2D eigenvalue weighted by atomic mass is 9.89. The number of rotatable bonds is 4. The van der Waals surface area contributed by atoms with Crippen molar-refractivity contribution in [1.29, 1.82) is 0 Å². The molecule has 1 aliphatic carbocycles. The first kappa shape index (κ1) is 16.1. The lowest BCUT2D eigenvalue weighted by molar-refractivity contribution is -0.138. The number of nitrogens with zero attached hydrogens (tertiary/aromatic N) is 3. The predicted molar refractivity (Wildman–Crippen MR) is 80.2 cm³/mol. The van der Waals surface area contributed by atoms with Crippen molar-refractivity contribution in [2.75, 3.05) is 46.3 Å². The summed E-state index contributed by atoms with van der Waals surface area (Å²) in [5, 5.41) is 8.78. The maximum atomic E-state index is 12.4. The Balaban J connectivity index is 1.74. The molecule has 0 spiro atoms. The highest BCUT2D eigenvalue weighted by Gasteiger charge is 2.26. The molecule has 2 aliphatic rings. The van der Waals surface area contributed by atoms with Gasteiger partial charge in [-0.05, 0) is 18.8 Å². The van der Waals surface area contributed by atoms with Crippen LogP contribution in [0.4, 0.5) is 4.79 Å². The van der Waals surface area contributed by atoms with Crippen LogP contribution in [0.15, 0.2) is 0 Å². The van der Waals surface area contributed by atoms with Crippen LogP contribution in [0, 0.1) is 5.92 Å². The molecule has 0 radical (unpaired) electrons. The van der Waals surface area contributed by atoms with E-state index in [1.807, 2.05) is 21.7 Å². The summed E-state index contributed by atoms with van der Waals surface area (Å²) >= 11 is 0. The third-order valence-electron chi connectivity index (χ3n) is 4.59. The van der Waals surface area contributed by atoms with E-state index in [0.717, 1.165) is 6.54 Å². The topological polar surface area (TPSA) is 64.1 Å². The fourth-order valence-electron chi connectivity index (χ4n) is 3.37. The van der Waals surface area contributed by atoms with Crippen LogP contribution in [-0.2, 0) is 4.79 Å². The number of aliphatic carboxylic acids is 1. The minimum absolute atomic E-state index is 0.0694. The molecule has 120 valence electrons. The van der Waals surface area contributed by atoms with Gasteiger partial charge in [0.1, 0.15) is 0 Å². The van der Waals surface area contributed by atoms with Crippen molar-refractivity contribution in [2.45, 2.75) is 32.1 Å². The van der Waals surface area contributed by atoms with Crippen molar-refractivity contribution in [2.24, 2.45) is 5.92 Å². The largest absolute Gasteiger partial charge is 0.480 e. The lowest BCUT2D eigenvalue weighted by Gasteiger charge is -2.37. The molecule has 1 aliphatic heterocycles. The summed E-state index contributed by atoms with van der Waals surface area (Å²) in [5.41, 5.74) is 0. The second-order valence-corrected chi connectivity index (χ2v) is 6.32. The fraction of sp³-hybridized carbons (Fsp3) is 0.867. The Labute approximate surface area is 126 Å². The number of carboxylic acid groups (broad SMARTS) is 1. The molecule has 1 heterocycles. The van der Waals surface area contributed by atoms with E-state index in [2.05, 4.69) is 0 Å². The molecule has 21 heavy (non-hydrogen) atoms. The van der Waals surface area contributed by atoms with E-state index in [1.54, 1.807) is 0 Å². The molecule has 0 unspecified atom stereocenters. The minimum atomic E-state index is -0.802. The van der Waals surface area contributed by atoms with Gasteiger partial charge in [0.05, 0.1) is 6.54 Å². The van der Waals surface area contributed by atoms with Crippen LogP contribution in [0.25, 0.3) is 0 Å². The molecule has 1 N–H and O–H groups in total. The first-order chi connectivity index (χ1) is 10.1. The molecular weight excluding hydrogens is 270 g/mol.